The number of halogens is 4. The van der Waals surface area contributed by atoms with E-state index in [1.807, 2.05) is 6.92 Å². The molecule has 1 fully saturated rings. The lowest BCUT2D eigenvalue weighted by Gasteiger charge is -2.15. The van der Waals surface area contributed by atoms with Crippen LogP contribution in [0.5, 0.6) is 5.75 Å². The Morgan fingerprint density at radius 3 is 2.88 bits per heavy atom. The highest BCUT2D eigenvalue weighted by Gasteiger charge is 2.15. The standard InChI is InChI=1S/C16H22ClF2N3O2.HI/c1-2-20-16(22-10-13-4-3-7-23-13)21-9-11-8-12(17)5-6-14(11)24-15(18)19;/h5-6,8,13,15H,2-4,7,9-10H2,1H3,(H2,20,21,22);1H. The van der Waals surface area contributed by atoms with E-state index in [1.165, 1.54) is 12.1 Å². The molecule has 0 amide bonds. The van der Waals surface area contributed by atoms with Crippen molar-refractivity contribution in [1.29, 1.82) is 0 Å². The van der Waals surface area contributed by atoms with E-state index in [2.05, 4.69) is 20.4 Å². The molecule has 0 spiro atoms. The summed E-state index contributed by atoms with van der Waals surface area (Å²) in [5.74, 6) is 0.670. The summed E-state index contributed by atoms with van der Waals surface area (Å²) in [4.78, 5) is 4.41. The van der Waals surface area contributed by atoms with Gasteiger partial charge in [-0.1, -0.05) is 11.6 Å². The van der Waals surface area contributed by atoms with Gasteiger partial charge in [-0.25, -0.2) is 4.99 Å². The number of nitrogens with zero attached hydrogens (tertiary/aromatic N) is 1. The summed E-state index contributed by atoms with van der Waals surface area (Å²) in [6.45, 7) is 1.36. The van der Waals surface area contributed by atoms with Crippen molar-refractivity contribution in [3.05, 3.63) is 28.8 Å². The number of aliphatic imine (C=N–C) groups is 1. The van der Waals surface area contributed by atoms with Crippen LogP contribution in [0.15, 0.2) is 23.2 Å². The SMILES string of the molecule is CCNC(=NCc1cc(Cl)ccc1OC(F)F)NCC1CCCO1.I. The molecule has 1 aliphatic rings. The quantitative estimate of drug-likeness (QED) is 0.348. The fraction of sp³-hybridized carbons (Fsp3) is 0.562. The molecule has 0 bridgehead atoms. The first-order valence-electron chi connectivity index (χ1n) is 7.95. The third kappa shape index (κ3) is 7.91. The maximum Gasteiger partial charge on any atom is 0.387 e. The molecular weight excluding hydrogens is 467 g/mol. The molecule has 1 aliphatic heterocycles. The number of alkyl halides is 2. The first-order valence-corrected chi connectivity index (χ1v) is 8.33. The number of nitrogens with one attached hydrogen (secondary N) is 2. The number of hydrogen-bond donors (Lipinski definition) is 2. The van der Waals surface area contributed by atoms with Gasteiger partial charge in [0.2, 0.25) is 0 Å². The van der Waals surface area contributed by atoms with Gasteiger partial charge in [0.1, 0.15) is 5.75 Å². The van der Waals surface area contributed by atoms with Gasteiger partial charge in [-0.05, 0) is 38.0 Å². The van der Waals surface area contributed by atoms with Gasteiger partial charge in [0.05, 0.1) is 12.6 Å². The zero-order chi connectivity index (χ0) is 17.4. The van der Waals surface area contributed by atoms with Crippen molar-refractivity contribution >= 4 is 41.5 Å². The molecule has 9 heteroatoms. The Kier molecular flexibility index (Phi) is 10.4. The van der Waals surface area contributed by atoms with Gasteiger partial charge in [-0.15, -0.1) is 24.0 Å². The molecule has 0 saturated carbocycles. The van der Waals surface area contributed by atoms with Gasteiger partial charge in [-0.2, -0.15) is 8.78 Å². The summed E-state index contributed by atoms with van der Waals surface area (Å²) in [7, 11) is 0. The minimum absolute atomic E-state index is 0. The topological polar surface area (TPSA) is 54.9 Å². The van der Waals surface area contributed by atoms with Gasteiger partial charge < -0.3 is 20.1 Å². The summed E-state index contributed by atoms with van der Waals surface area (Å²) >= 11 is 5.94. The molecular formula is C16H23ClF2IN3O2. The molecule has 5 nitrogen and oxygen atoms in total. The molecule has 2 N–H and O–H groups in total. The summed E-state index contributed by atoms with van der Waals surface area (Å²) < 4.78 is 35.0. The van der Waals surface area contributed by atoms with E-state index in [-0.39, 0.29) is 42.4 Å². The number of ether oxygens (including phenoxy) is 2. The minimum atomic E-state index is -2.89. The lowest BCUT2D eigenvalue weighted by molar-refractivity contribution is -0.0504. The van der Waals surface area contributed by atoms with Crippen molar-refractivity contribution in [2.45, 2.75) is 39.0 Å². The van der Waals surface area contributed by atoms with Gasteiger partial charge in [0.15, 0.2) is 5.96 Å². The van der Waals surface area contributed by atoms with E-state index in [9.17, 15) is 8.78 Å². The van der Waals surface area contributed by atoms with Crippen LogP contribution in [0, 0.1) is 0 Å². The van der Waals surface area contributed by atoms with Crippen molar-refractivity contribution in [2.24, 2.45) is 4.99 Å². The number of rotatable bonds is 7. The van der Waals surface area contributed by atoms with Gasteiger partial charge >= 0.3 is 6.61 Å². The Balaban J connectivity index is 0.00000312. The Bertz CT molecular complexity index is 558. The van der Waals surface area contributed by atoms with Gasteiger partial charge in [-0.3, -0.25) is 0 Å². The normalized spacial score (nSPS) is 17.3. The number of guanidine groups is 1. The van der Waals surface area contributed by atoms with Crippen molar-refractivity contribution in [3.63, 3.8) is 0 Å². The molecule has 1 saturated heterocycles. The predicted octanol–water partition coefficient (Wildman–Crippen LogP) is 3.79. The van der Waals surface area contributed by atoms with Crippen LogP contribution in [-0.2, 0) is 11.3 Å². The average Bonchev–Trinajstić information content (AvgIpc) is 3.05. The molecule has 25 heavy (non-hydrogen) atoms. The Morgan fingerprint density at radius 2 is 2.24 bits per heavy atom. The first-order chi connectivity index (χ1) is 11.6. The highest BCUT2D eigenvalue weighted by Crippen LogP contribution is 2.25. The van der Waals surface area contributed by atoms with E-state index in [0.29, 0.717) is 29.6 Å². The fourth-order valence-corrected chi connectivity index (χ4v) is 2.60. The maximum atomic E-state index is 12.5. The summed E-state index contributed by atoms with van der Waals surface area (Å²) in [5, 5.41) is 6.76. The van der Waals surface area contributed by atoms with Gasteiger partial charge in [0, 0.05) is 30.3 Å². The van der Waals surface area contributed by atoms with Crippen LogP contribution in [0.25, 0.3) is 0 Å². The van der Waals surface area contributed by atoms with Crippen LogP contribution in [-0.4, -0.2) is 38.4 Å². The molecule has 0 radical (unpaired) electrons. The second-order valence-corrected chi connectivity index (χ2v) is 5.78. The molecule has 1 aromatic carbocycles. The lowest BCUT2D eigenvalue weighted by atomic mass is 10.2. The largest absolute Gasteiger partial charge is 0.434 e. The van der Waals surface area contributed by atoms with E-state index in [4.69, 9.17) is 16.3 Å². The highest BCUT2D eigenvalue weighted by molar-refractivity contribution is 14.0. The van der Waals surface area contributed by atoms with Crippen molar-refractivity contribution in [3.8, 4) is 5.75 Å². The molecule has 1 heterocycles. The van der Waals surface area contributed by atoms with Gasteiger partial charge in [0.25, 0.3) is 0 Å². The summed E-state index contributed by atoms with van der Waals surface area (Å²) in [6, 6.07) is 4.51. The zero-order valence-electron chi connectivity index (χ0n) is 13.9. The van der Waals surface area contributed by atoms with Crippen molar-refractivity contribution in [2.75, 3.05) is 19.7 Å². The number of benzene rings is 1. The van der Waals surface area contributed by atoms with Crippen LogP contribution >= 0.6 is 35.6 Å². The van der Waals surface area contributed by atoms with E-state index in [0.717, 1.165) is 19.4 Å². The molecule has 1 aromatic rings. The maximum absolute atomic E-state index is 12.5. The van der Waals surface area contributed by atoms with Crippen LogP contribution in [0.3, 0.4) is 0 Å². The molecule has 1 atom stereocenters. The Labute approximate surface area is 168 Å². The zero-order valence-corrected chi connectivity index (χ0v) is 17.0. The fourth-order valence-electron chi connectivity index (χ4n) is 2.40. The van der Waals surface area contributed by atoms with Crippen LogP contribution in [0.2, 0.25) is 5.02 Å². The Morgan fingerprint density at radius 1 is 1.44 bits per heavy atom. The third-order valence-corrected chi connectivity index (χ3v) is 3.75. The molecule has 0 aromatic heterocycles. The average molecular weight is 490 g/mol. The Hall–Kier alpha value is -0.870. The summed E-state index contributed by atoms with van der Waals surface area (Å²) in [5.41, 5.74) is 0.497. The first kappa shape index (κ1) is 22.2. The van der Waals surface area contributed by atoms with E-state index >= 15 is 0 Å². The van der Waals surface area contributed by atoms with Crippen molar-refractivity contribution in [1.82, 2.24) is 10.6 Å². The smallest absolute Gasteiger partial charge is 0.387 e. The minimum Gasteiger partial charge on any atom is -0.434 e. The molecule has 1 unspecified atom stereocenters. The second kappa shape index (κ2) is 11.7. The molecule has 2 rings (SSSR count). The van der Waals surface area contributed by atoms with Crippen LogP contribution < -0.4 is 15.4 Å². The third-order valence-electron chi connectivity index (χ3n) is 3.51. The van der Waals surface area contributed by atoms with E-state index < -0.39 is 6.61 Å². The highest BCUT2D eigenvalue weighted by atomic mass is 127. The monoisotopic (exact) mass is 489 g/mol. The lowest BCUT2D eigenvalue weighted by Crippen LogP contribution is -2.41. The number of hydrogen-bond acceptors (Lipinski definition) is 3. The van der Waals surface area contributed by atoms with Crippen LogP contribution in [0.4, 0.5) is 8.78 Å². The van der Waals surface area contributed by atoms with E-state index in [1.54, 1.807) is 6.07 Å². The van der Waals surface area contributed by atoms with Crippen LogP contribution in [0.1, 0.15) is 25.3 Å². The second-order valence-electron chi connectivity index (χ2n) is 5.34. The summed E-state index contributed by atoms with van der Waals surface area (Å²) in [6.07, 6.45) is 2.27. The predicted molar refractivity (Wildman–Crippen MR) is 105 cm³/mol. The molecule has 0 aliphatic carbocycles. The van der Waals surface area contributed by atoms with Crippen molar-refractivity contribution < 1.29 is 18.3 Å². The molecule has 142 valence electrons.